The maximum Gasteiger partial charge on any atom is 0.337 e. The van der Waals surface area contributed by atoms with Gasteiger partial charge in [0, 0.05) is 17.1 Å². The maximum absolute atomic E-state index is 12.5. The van der Waals surface area contributed by atoms with Crippen LogP contribution >= 0.6 is 0 Å². The van der Waals surface area contributed by atoms with Gasteiger partial charge in [0.15, 0.2) is 0 Å². The van der Waals surface area contributed by atoms with E-state index in [9.17, 15) is 9.59 Å². The van der Waals surface area contributed by atoms with Gasteiger partial charge in [0.25, 0.3) is 5.56 Å². The van der Waals surface area contributed by atoms with Gasteiger partial charge < -0.3 is 4.74 Å². The summed E-state index contributed by atoms with van der Waals surface area (Å²) in [6, 6.07) is 10.4. The molecular formula is C18H17N3O3. The van der Waals surface area contributed by atoms with Crippen LogP contribution in [0.25, 0.3) is 22.2 Å². The Morgan fingerprint density at radius 3 is 2.50 bits per heavy atom. The lowest BCUT2D eigenvalue weighted by Crippen LogP contribution is -2.26. The van der Waals surface area contributed by atoms with E-state index in [1.807, 2.05) is 19.9 Å². The van der Waals surface area contributed by atoms with Gasteiger partial charge in [0.2, 0.25) is 0 Å². The molecule has 2 aromatic heterocycles. The zero-order valence-corrected chi connectivity index (χ0v) is 13.7. The number of hydrogen-bond donors (Lipinski definition) is 0. The fourth-order valence-electron chi connectivity index (χ4n) is 2.53. The number of carbonyl (C=O) groups is 1. The smallest absolute Gasteiger partial charge is 0.337 e. The van der Waals surface area contributed by atoms with E-state index >= 15 is 0 Å². The predicted molar refractivity (Wildman–Crippen MR) is 91.0 cm³/mol. The van der Waals surface area contributed by atoms with Crippen molar-refractivity contribution in [1.82, 2.24) is 14.8 Å². The summed E-state index contributed by atoms with van der Waals surface area (Å²) in [5, 5.41) is 5.20. The molecule has 122 valence electrons. The molecule has 6 heteroatoms. The van der Waals surface area contributed by atoms with Crippen LogP contribution in [-0.4, -0.2) is 27.8 Å². The number of aromatic nitrogens is 3. The molecule has 0 aliphatic carbocycles. The summed E-state index contributed by atoms with van der Waals surface area (Å²) < 4.78 is 6.14. The van der Waals surface area contributed by atoms with Gasteiger partial charge in [-0.15, -0.1) is 0 Å². The lowest BCUT2D eigenvalue weighted by atomic mass is 10.1. The zero-order chi connectivity index (χ0) is 17.3. The summed E-state index contributed by atoms with van der Waals surface area (Å²) >= 11 is 0. The highest BCUT2D eigenvalue weighted by atomic mass is 16.5. The first-order chi connectivity index (χ1) is 11.5. The minimum Gasteiger partial charge on any atom is -0.465 e. The van der Waals surface area contributed by atoms with Crippen molar-refractivity contribution in [2.24, 2.45) is 0 Å². The number of methoxy groups -OCH3 is 1. The van der Waals surface area contributed by atoms with Crippen LogP contribution in [0.3, 0.4) is 0 Å². The number of pyridine rings is 1. The Balaban J connectivity index is 2.24. The number of ether oxygens (including phenoxy) is 1. The molecular weight excluding hydrogens is 306 g/mol. The van der Waals surface area contributed by atoms with Crippen molar-refractivity contribution in [3.63, 3.8) is 0 Å². The minimum atomic E-state index is -0.395. The molecule has 0 saturated heterocycles. The number of esters is 1. The Kier molecular flexibility index (Phi) is 4.12. The van der Waals surface area contributed by atoms with Crippen LogP contribution in [0.15, 0.2) is 47.4 Å². The number of rotatable bonds is 3. The maximum atomic E-state index is 12.5. The average Bonchev–Trinajstić information content (AvgIpc) is 2.61. The highest BCUT2D eigenvalue weighted by Gasteiger charge is 2.15. The van der Waals surface area contributed by atoms with Gasteiger partial charge in [-0.2, -0.15) is 5.10 Å². The largest absolute Gasteiger partial charge is 0.465 e. The van der Waals surface area contributed by atoms with Gasteiger partial charge in [-0.3, -0.25) is 9.78 Å². The van der Waals surface area contributed by atoms with Crippen LogP contribution in [0.2, 0.25) is 0 Å². The van der Waals surface area contributed by atoms with Gasteiger partial charge >= 0.3 is 5.97 Å². The summed E-state index contributed by atoms with van der Waals surface area (Å²) in [5.74, 6) is -0.395. The summed E-state index contributed by atoms with van der Waals surface area (Å²) in [4.78, 5) is 28.3. The van der Waals surface area contributed by atoms with E-state index in [2.05, 4.69) is 10.1 Å². The zero-order valence-electron chi connectivity index (χ0n) is 13.7. The van der Waals surface area contributed by atoms with E-state index in [0.717, 1.165) is 5.56 Å². The van der Waals surface area contributed by atoms with Crippen LogP contribution < -0.4 is 5.56 Å². The molecule has 0 aliphatic rings. The molecule has 3 rings (SSSR count). The third-order valence-electron chi connectivity index (χ3n) is 3.75. The molecule has 0 bridgehead atoms. The molecule has 0 fully saturated rings. The van der Waals surface area contributed by atoms with E-state index in [-0.39, 0.29) is 11.6 Å². The number of hydrogen-bond acceptors (Lipinski definition) is 5. The van der Waals surface area contributed by atoms with Crippen molar-refractivity contribution in [2.75, 3.05) is 7.11 Å². The van der Waals surface area contributed by atoms with Crippen molar-refractivity contribution in [3.8, 4) is 11.3 Å². The average molecular weight is 323 g/mol. The standard InChI is InChI=1S/C18H17N3O3/c1-11(2)21-17(22)16-14(5-4-10-19-16)15(20-21)12-6-8-13(9-7-12)18(23)24-3/h4-11H,1-3H3. The first-order valence-corrected chi connectivity index (χ1v) is 7.59. The number of benzene rings is 1. The number of carbonyl (C=O) groups excluding carboxylic acids is 1. The van der Waals surface area contributed by atoms with Crippen molar-refractivity contribution < 1.29 is 9.53 Å². The summed E-state index contributed by atoms with van der Waals surface area (Å²) in [5.41, 5.74) is 2.09. The fourth-order valence-corrected chi connectivity index (χ4v) is 2.53. The van der Waals surface area contributed by atoms with E-state index in [4.69, 9.17) is 4.74 Å². The predicted octanol–water partition coefficient (Wildman–Crippen LogP) is 2.83. The van der Waals surface area contributed by atoms with E-state index in [0.29, 0.717) is 22.2 Å². The number of nitrogens with zero attached hydrogens (tertiary/aromatic N) is 3. The van der Waals surface area contributed by atoms with E-state index in [1.54, 1.807) is 36.5 Å². The molecule has 0 amide bonds. The Bertz CT molecular complexity index is 959. The third kappa shape index (κ3) is 2.67. The Morgan fingerprint density at radius 2 is 1.88 bits per heavy atom. The van der Waals surface area contributed by atoms with E-state index in [1.165, 1.54) is 11.8 Å². The fraction of sp³-hybridized carbons (Fsp3) is 0.222. The molecule has 24 heavy (non-hydrogen) atoms. The Morgan fingerprint density at radius 1 is 1.17 bits per heavy atom. The summed E-state index contributed by atoms with van der Waals surface area (Å²) in [7, 11) is 1.34. The van der Waals surface area contributed by atoms with Gasteiger partial charge in [0.1, 0.15) is 11.2 Å². The van der Waals surface area contributed by atoms with Crippen LogP contribution in [0, 0.1) is 0 Å². The lowest BCUT2D eigenvalue weighted by molar-refractivity contribution is 0.0601. The molecule has 1 aromatic carbocycles. The second kappa shape index (κ2) is 6.23. The van der Waals surface area contributed by atoms with E-state index < -0.39 is 5.97 Å². The Labute approximate surface area is 138 Å². The van der Waals surface area contributed by atoms with Gasteiger partial charge in [-0.05, 0) is 38.1 Å². The van der Waals surface area contributed by atoms with Gasteiger partial charge in [0.05, 0.1) is 18.7 Å². The monoisotopic (exact) mass is 323 g/mol. The topological polar surface area (TPSA) is 74.1 Å². The van der Waals surface area contributed by atoms with Crippen molar-refractivity contribution >= 4 is 16.9 Å². The van der Waals surface area contributed by atoms with Crippen molar-refractivity contribution in [3.05, 3.63) is 58.5 Å². The molecule has 2 heterocycles. The highest BCUT2D eigenvalue weighted by molar-refractivity contribution is 5.93. The SMILES string of the molecule is COC(=O)c1ccc(-c2nn(C(C)C)c(=O)c3ncccc23)cc1. The molecule has 0 unspecified atom stereocenters. The van der Waals surface area contributed by atoms with Gasteiger partial charge in [-0.25, -0.2) is 9.48 Å². The highest BCUT2D eigenvalue weighted by Crippen LogP contribution is 2.24. The molecule has 0 aliphatic heterocycles. The Hall–Kier alpha value is -3.02. The van der Waals surface area contributed by atoms with Crippen LogP contribution in [0.4, 0.5) is 0 Å². The summed E-state index contributed by atoms with van der Waals surface area (Å²) in [6.45, 7) is 3.79. The second-order valence-corrected chi connectivity index (χ2v) is 5.66. The van der Waals surface area contributed by atoms with Crippen LogP contribution in [0.5, 0.6) is 0 Å². The first-order valence-electron chi connectivity index (χ1n) is 7.59. The molecule has 0 spiro atoms. The van der Waals surface area contributed by atoms with Crippen molar-refractivity contribution in [2.45, 2.75) is 19.9 Å². The second-order valence-electron chi connectivity index (χ2n) is 5.66. The molecule has 6 nitrogen and oxygen atoms in total. The molecule has 0 N–H and O–H groups in total. The molecule has 0 atom stereocenters. The summed E-state index contributed by atoms with van der Waals surface area (Å²) in [6.07, 6.45) is 1.60. The van der Waals surface area contributed by atoms with Crippen LogP contribution in [-0.2, 0) is 4.74 Å². The lowest BCUT2D eigenvalue weighted by Gasteiger charge is -2.13. The van der Waals surface area contributed by atoms with Crippen molar-refractivity contribution in [1.29, 1.82) is 0 Å². The number of fused-ring (bicyclic) bond motifs is 1. The first kappa shape index (κ1) is 15.9. The molecule has 0 radical (unpaired) electrons. The third-order valence-corrected chi connectivity index (χ3v) is 3.75. The quantitative estimate of drug-likeness (QED) is 0.693. The van der Waals surface area contributed by atoms with Gasteiger partial charge in [-0.1, -0.05) is 12.1 Å². The molecule has 3 aromatic rings. The normalized spacial score (nSPS) is 11.0. The van der Waals surface area contributed by atoms with Crippen LogP contribution in [0.1, 0.15) is 30.2 Å². The molecule has 0 saturated carbocycles. The minimum absolute atomic E-state index is 0.0861.